The number of carbonyl (C=O) groups is 2. The molecule has 6 nitrogen and oxygen atoms in total. The Morgan fingerprint density at radius 2 is 1.58 bits per heavy atom. The minimum atomic E-state index is -1.90. The maximum atomic E-state index is 11.1. The van der Waals surface area contributed by atoms with Crippen molar-refractivity contribution in [1.82, 2.24) is 0 Å². The summed E-state index contributed by atoms with van der Waals surface area (Å²) in [6.45, 7) is 0. The fraction of sp³-hybridized carbons (Fsp3) is 0.385. The van der Waals surface area contributed by atoms with Crippen molar-refractivity contribution in [2.75, 3.05) is 0 Å². The number of carboxylic acids is 2. The number of hydrogen-bond donors (Lipinski definition) is 4. The molecule has 0 aliphatic heterocycles. The van der Waals surface area contributed by atoms with Crippen LogP contribution in [-0.2, 0) is 15.0 Å². The highest BCUT2D eigenvalue weighted by atomic mass is 16.4. The minimum Gasteiger partial charge on any atom is -0.481 e. The van der Waals surface area contributed by atoms with Gasteiger partial charge in [-0.2, -0.15) is 0 Å². The van der Waals surface area contributed by atoms with Crippen LogP contribution in [0.3, 0.4) is 0 Å². The lowest BCUT2D eigenvalue weighted by Crippen LogP contribution is -2.27. The van der Waals surface area contributed by atoms with E-state index in [2.05, 4.69) is 0 Å². The van der Waals surface area contributed by atoms with Crippen LogP contribution >= 0.6 is 0 Å². The fourth-order valence-corrected chi connectivity index (χ4v) is 2.07. The highest BCUT2D eigenvalue weighted by molar-refractivity contribution is 5.84. The van der Waals surface area contributed by atoms with Gasteiger partial charge in [-0.05, 0) is 24.0 Å². The number of aliphatic hydroxyl groups is 2. The normalized spacial score (nSPS) is 19.5. The molecule has 2 atom stereocenters. The second-order valence-corrected chi connectivity index (χ2v) is 4.74. The predicted octanol–water partition coefficient (Wildman–Crippen LogP) is 0.282. The van der Waals surface area contributed by atoms with Crippen LogP contribution in [0.4, 0.5) is 0 Å². The Morgan fingerprint density at radius 1 is 1.05 bits per heavy atom. The second-order valence-electron chi connectivity index (χ2n) is 4.74. The van der Waals surface area contributed by atoms with Gasteiger partial charge in [0.2, 0.25) is 0 Å². The summed E-state index contributed by atoms with van der Waals surface area (Å²) in [6.07, 6.45) is -2.30. The van der Waals surface area contributed by atoms with Crippen molar-refractivity contribution in [3.63, 3.8) is 0 Å². The zero-order valence-electron chi connectivity index (χ0n) is 9.98. The first kappa shape index (κ1) is 13.5. The molecular weight excluding hydrogens is 252 g/mol. The molecule has 2 unspecified atom stereocenters. The number of aliphatic hydroxyl groups excluding tert-OH is 2. The van der Waals surface area contributed by atoms with Crippen molar-refractivity contribution in [2.45, 2.75) is 30.5 Å². The third-order valence-corrected chi connectivity index (χ3v) is 3.52. The first-order chi connectivity index (χ1) is 8.88. The first-order valence-corrected chi connectivity index (χ1v) is 5.81. The molecule has 1 fully saturated rings. The molecule has 0 bridgehead atoms. The first-order valence-electron chi connectivity index (χ1n) is 5.81. The quantitative estimate of drug-likeness (QED) is 0.608. The van der Waals surface area contributed by atoms with E-state index >= 15 is 0 Å². The summed E-state index contributed by atoms with van der Waals surface area (Å²) < 4.78 is 0. The van der Waals surface area contributed by atoms with Crippen LogP contribution in [0, 0.1) is 0 Å². The molecule has 102 valence electrons. The molecule has 0 spiro atoms. The van der Waals surface area contributed by atoms with Gasteiger partial charge >= 0.3 is 11.9 Å². The minimum absolute atomic E-state index is 0.236. The van der Waals surface area contributed by atoms with Gasteiger partial charge in [0.15, 0.2) is 6.10 Å². The molecule has 0 aromatic heterocycles. The standard InChI is InChI=1S/C13H14O6/c14-9(10(15)11(16)17)7-1-3-8(4-2-7)13(5-6-13)12(18)19/h1-4,9-10,14-15H,5-6H2,(H,16,17)(H,18,19). The van der Waals surface area contributed by atoms with Gasteiger partial charge in [0.05, 0.1) is 5.41 Å². The summed E-state index contributed by atoms with van der Waals surface area (Å²) in [5.74, 6) is -2.40. The van der Waals surface area contributed by atoms with Gasteiger partial charge in [0, 0.05) is 0 Å². The van der Waals surface area contributed by atoms with E-state index in [0.29, 0.717) is 18.4 Å². The van der Waals surface area contributed by atoms with Gasteiger partial charge in [0.25, 0.3) is 0 Å². The highest BCUT2D eigenvalue weighted by Gasteiger charge is 2.51. The summed E-state index contributed by atoms with van der Waals surface area (Å²) in [7, 11) is 0. The van der Waals surface area contributed by atoms with E-state index in [9.17, 15) is 19.8 Å². The summed E-state index contributed by atoms with van der Waals surface area (Å²) in [4.78, 5) is 21.7. The zero-order valence-corrected chi connectivity index (χ0v) is 9.98. The lowest BCUT2D eigenvalue weighted by molar-refractivity contribution is -0.153. The maximum Gasteiger partial charge on any atom is 0.335 e. The van der Waals surface area contributed by atoms with Crippen LogP contribution in [0.1, 0.15) is 30.1 Å². The monoisotopic (exact) mass is 266 g/mol. The van der Waals surface area contributed by atoms with Crippen LogP contribution in [0.5, 0.6) is 0 Å². The molecule has 0 saturated heterocycles. The van der Waals surface area contributed by atoms with Crippen LogP contribution in [-0.4, -0.2) is 38.5 Å². The van der Waals surface area contributed by atoms with E-state index in [1.165, 1.54) is 12.1 Å². The third kappa shape index (κ3) is 2.32. The Morgan fingerprint density at radius 3 is 1.95 bits per heavy atom. The number of rotatable bonds is 5. The molecule has 4 N–H and O–H groups in total. The largest absolute Gasteiger partial charge is 0.481 e. The molecule has 19 heavy (non-hydrogen) atoms. The van der Waals surface area contributed by atoms with Crippen molar-refractivity contribution >= 4 is 11.9 Å². The van der Waals surface area contributed by atoms with E-state index in [1.54, 1.807) is 12.1 Å². The number of hydrogen-bond acceptors (Lipinski definition) is 4. The van der Waals surface area contributed by atoms with Gasteiger partial charge < -0.3 is 20.4 Å². The molecule has 0 heterocycles. The van der Waals surface area contributed by atoms with E-state index in [1.807, 2.05) is 0 Å². The molecular formula is C13H14O6. The van der Waals surface area contributed by atoms with Crippen molar-refractivity contribution in [3.05, 3.63) is 35.4 Å². The summed E-state index contributed by atoms with van der Waals surface area (Å²) >= 11 is 0. The highest BCUT2D eigenvalue weighted by Crippen LogP contribution is 2.48. The van der Waals surface area contributed by atoms with Crippen molar-refractivity contribution in [1.29, 1.82) is 0 Å². The molecule has 1 aliphatic carbocycles. The van der Waals surface area contributed by atoms with Crippen molar-refractivity contribution in [2.24, 2.45) is 0 Å². The fourth-order valence-electron chi connectivity index (χ4n) is 2.07. The lowest BCUT2D eigenvalue weighted by Gasteiger charge is -2.16. The Labute approximate surface area is 108 Å². The zero-order chi connectivity index (χ0) is 14.2. The third-order valence-electron chi connectivity index (χ3n) is 3.52. The summed E-state index contributed by atoms with van der Waals surface area (Å²) in [6, 6.07) is 5.98. The Balaban J connectivity index is 2.20. The SMILES string of the molecule is O=C(O)C(O)C(O)c1ccc(C2(C(=O)O)CC2)cc1. The van der Waals surface area contributed by atoms with Gasteiger partial charge in [-0.3, -0.25) is 4.79 Å². The topological polar surface area (TPSA) is 115 Å². The van der Waals surface area contributed by atoms with E-state index in [-0.39, 0.29) is 5.56 Å². The molecule has 1 saturated carbocycles. The molecule has 1 aliphatic rings. The average Bonchev–Trinajstić information content (AvgIpc) is 3.18. The van der Waals surface area contributed by atoms with E-state index in [0.717, 1.165) is 0 Å². The second kappa shape index (κ2) is 4.64. The number of benzene rings is 1. The predicted molar refractivity (Wildman–Crippen MR) is 63.6 cm³/mol. The van der Waals surface area contributed by atoms with Gasteiger partial charge in [-0.1, -0.05) is 24.3 Å². The molecule has 1 aromatic rings. The summed E-state index contributed by atoms with van der Waals surface area (Å²) in [5, 5.41) is 36.6. The summed E-state index contributed by atoms with van der Waals surface area (Å²) in [5.41, 5.74) is 0.0233. The van der Waals surface area contributed by atoms with Gasteiger partial charge in [0.1, 0.15) is 6.10 Å². The maximum absolute atomic E-state index is 11.1. The van der Waals surface area contributed by atoms with Crippen LogP contribution in [0.2, 0.25) is 0 Å². The Hall–Kier alpha value is -1.92. The molecule has 0 amide bonds. The molecule has 6 heteroatoms. The lowest BCUT2D eigenvalue weighted by atomic mass is 9.93. The van der Waals surface area contributed by atoms with Crippen molar-refractivity contribution in [3.8, 4) is 0 Å². The van der Waals surface area contributed by atoms with Gasteiger partial charge in [-0.15, -0.1) is 0 Å². The molecule has 2 rings (SSSR count). The van der Waals surface area contributed by atoms with Gasteiger partial charge in [-0.25, -0.2) is 4.79 Å². The van der Waals surface area contributed by atoms with Crippen molar-refractivity contribution < 1.29 is 30.0 Å². The molecule has 1 aromatic carbocycles. The van der Waals surface area contributed by atoms with Crippen LogP contribution in [0.25, 0.3) is 0 Å². The number of carboxylic acid groups (broad SMARTS) is 2. The molecule has 0 radical (unpaired) electrons. The number of aliphatic carboxylic acids is 2. The van der Waals surface area contributed by atoms with Crippen LogP contribution < -0.4 is 0 Å². The smallest absolute Gasteiger partial charge is 0.335 e. The van der Waals surface area contributed by atoms with Crippen LogP contribution in [0.15, 0.2) is 24.3 Å². The Kier molecular flexibility index (Phi) is 3.30. The van der Waals surface area contributed by atoms with E-state index in [4.69, 9.17) is 10.2 Å². The van der Waals surface area contributed by atoms with E-state index < -0.39 is 29.6 Å². The Bertz CT molecular complexity index is 502. The average molecular weight is 266 g/mol.